The lowest BCUT2D eigenvalue weighted by atomic mass is 9.97. The number of likely N-dealkylation sites (tertiary alicyclic amines) is 1. The third-order valence-corrected chi connectivity index (χ3v) is 5.66. The highest BCUT2D eigenvalue weighted by molar-refractivity contribution is 6.33. The van der Waals surface area contributed by atoms with Gasteiger partial charge in [0.1, 0.15) is 5.82 Å². The molecule has 27 heavy (non-hydrogen) atoms. The van der Waals surface area contributed by atoms with E-state index in [1.54, 1.807) is 6.07 Å². The molecule has 0 aliphatic carbocycles. The Morgan fingerprint density at radius 1 is 1.26 bits per heavy atom. The number of aromatic nitrogens is 2. The first-order valence-corrected chi connectivity index (χ1v) is 9.66. The Labute approximate surface area is 163 Å². The first-order valence-electron chi connectivity index (χ1n) is 9.28. The van der Waals surface area contributed by atoms with Gasteiger partial charge in [0.15, 0.2) is 0 Å². The number of hydrogen-bond donors (Lipinski definition) is 2. The quantitative estimate of drug-likeness (QED) is 0.636. The SMILES string of the molecule is Cc1cc2nc([C@@H]3CCCN(C(=O)Nc4ccccc4Cl)C3)[nH]c2cc1C. The Balaban J connectivity index is 1.51. The first-order chi connectivity index (χ1) is 13.0. The molecule has 6 heteroatoms. The highest BCUT2D eigenvalue weighted by atomic mass is 35.5. The minimum Gasteiger partial charge on any atom is -0.342 e. The number of fused-ring (bicyclic) bond motifs is 1. The van der Waals surface area contributed by atoms with Gasteiger partial charge in [-0.25, -0.2) is 9.78 Å². The number of rotatable bonds is 2. The van der Waals surface area contributed by atoms with Crippen molar-refractivity contribution in [1.29, 1.82) is 0 Å². The van der Waals surface area contributed by atoms with Crippen molar-refractivity contribution in [3.63, 3.8) is 0 Å². The molecular formula is C21H23ClN4O. The van der Waals surface area contributed by atoms with Crippen molar-refractivity contribution in [3.8, 4) is 0 Å². The van der Waals surface area contributed by atoms with Crippen LogP contribution < -0.4 is 5.32 Å². The van der Waals surface area contributed by atoms with Crippen LogP contribution in [-0.2, 0) is 0 Å². The fourth-order valence-corrected chi connectivity index (χ4v) is 3.81. The molecule has 4 rings (SSSR count). The summed E-state index contributed by atoms with van der Waals surface area (Å²) in [6.45, 7) is 5.60. The number of benzene rings is 2. The van der Waals surface area contributed by atoms with E-state index in [0.717, 1.165) is 36.2 Å². The van der Waals surface area contributed by atoms with Gasteiger partial charge < -0.3 is 15.2 Å². The minimum absolute atomic E-state index is 0.115. The Hall–Kier alpha value is -2.53. The lowest BCUT2D eigenvalue weighted by Gasteiger charge is -2.32. The molecule has 2 aromatic carbocycles. The fourth-order valence-electron chi connectivity index (χ4n) is 3.62. The summed E-state index contributed by atoms with van der Waals surface area (Å²) in [5.41, 5.74) is 5.18. The summed E-state index contributed by atoms with van der Waals surface area (Å²) >= 11 is 6.15. The van der Waals surface area contributed by atoms with E-state index in [1.165, 1.54) is 11.1 Å². The Bertz CT molecular complexity index is 958. The minimum atomic E-state index is -0.115. The molecule has 0 radical (unpaired) electrons. The molecule has 140 valence electrons. The van der Waals surface area contributed by atoms with Crippen LogP contribution in [0.1, 0.15) is 35.7 Å². The van der Waals surface area contributed by atoms with Crippen LogP contribution in [0.4, 0.5) is 10.5 Å². The van der Waals surface area contributed by atoms with Crippen molar-refractivity contribution in [3.05, 3.63) is 58.4 Å². The highest BCUT2D eigenvalue weighted by Gasteiger charge is 2.27. The topological polar surface area (TPSA) is 61.0 Å². The van der Waals surface area contributed by atoms with Crippen molar-refractivity contribution >= 4 is 34.4 Å². The summed E-state index contributed by atoms with van der Waals surface area (Å²) in [6.07, 6.45) is 1.98. The van der Waals surface area contributed by atoms with Gasteiger partial charge in [0, 0.05) is 19.0 Å². The Kier molecular flexibility index (Phi) is 4.79. The summed E-state index contributed by atoms with van der Waals surface area (Å²) < 4.78 is 0. The normalized spacial score (nSPS) is 17.3. The third kappa shape index (κ3) is 3.65. The number of para-hydroxylation sites is 1. The summed E-state index contributed by atoms with van der Waals surface area (Å²) in [6, 6.07) is 11.4. The molecule has 1 aliphatic rings. The summed E-state index contributed by atoms with van der Waals surface area (Å²) in [4.78, 5) is 22.8. The average Bonchev–Trinajstić information content (AvgIpc) is 3.07. The maximum Gasteiger partial charge on any atom is 0.321 e. The van der Waals surface area contributed by atoms with Crippen molar-refractivity contribution in [2.75, 3.05) is 18.4 Å². The molecule has 2 amide bonds. The number of H-pyrrole nitrogens is 1. The molecule has 0 unspecified atom stereocenters. The van der Waals surface area contributed by atoms with Crippen LogP contribution in [0.25, 0.3) is 11.0 Å². The number of amides is 2. The van der Waals surface area contributed by atoms with Crippen LogP contribution in [-0.4, -0.2) is 34.0 Å². The number of imidazole rings is 1. The number of anilines is 1. The van der Waals surface area contributed by atoms with Gasteiger partial charge in [-0.1, -0.05) is 23.7 Å². The zero-order chi connectivity index (χ0) is 19.0. The molecule has 1 fully saturated rings. The second-order valence-electron chi connectivity index (χ2n) is 7.27. The summed E-state index contributed by atoms with van der Waals surface area (Å²) in [7, 11) is 0. The van der Waals surface area contributed by atoms with Crippen LogP contribution >= 0.6 is 11.6 Å². The maximum atomic E-state index is 12.7. The van der Waals surface area contributed by atoms with E-state index >= 15 is 0 Å². The number of urea groups is 1. The number of carbonyl (C=O) groups is 1. The monoisotopic (exact) mass is 382 g/mol. The van der Waals surface area contributed by atoms with Crippen molar-refractivity contribution in [2.45, 2.75) is 32.6 Å². The number of nitrogens with zero attached hydrogens (tertiary/aromatic N) is 2. The number of halogens is 1. The zero-order valence-electron chi connectivity index (χ0n) is 15.6. The highest BCUT2D eigenvalue weighted by Crippen LogP contribution is 2.28. The van der Waals surface area contributed by atoms with Gasteiger partial charge >= 0.3 is 6.03 Å². The molecule has 1 atom stereocenters. The molecule has 2 N–H and O–H groups in total. The van der Waals surface area contributed by atoms with Crippen molar-refractivity contribution in [1.82, 2.24) is 14.9 Å². The Morgan fingerprint density at radius 3 is 2.85 bits per heavy atom. The molecule has 0 bridgehead atoms. The molecule has 1 saturated heterocycles. The number of carbonyl (C=O) groups excluding carboxylic acids is 1. The van der Waals surface area contributed by atoms with E-state index in [4.69, 9.17) is 16.6 Å². The Morgan fingerprint density at radius 2 is 2.04 bits per heavy atom. The van der Waals surface area contributed by atoms with Gasteiger partial charge in [-0.2, -0.15) is 0 Å². The largest absolute Gasteiger partial charge is 0.342 e. The summed E-state index contributed by atoms with van der Waals surface area (Å²) in [5, 5.41) is 3.46. The predicted molar refractivity (Wildman–Crippen MR) is 110 cm³/mol. The molecule has 0 spiro atoms. The first kappa shape index (κ1) is 17.9. The molecule has 5 nitrogen and oxygen atoms in total. The molecule has 3 aromatic rings. The van der Waals surface area contributed by atoms with Gasteiger partial charge in [0.05, 0.1) is 21.7 Å². The van der Waals surface area contributed by atoms with Gasteiger partial charge in [-0.15, -0.1) is 0 Å². The van der Waals surface area contributed by atoms with Crippen LogP contribution in [0.3, 0.4) is 0 Å². The van der Waals surface area contributed by atoms with E-state index in [-0.39, 0.29) is 11.9 Å². The van der Waals surface area contributed by atoms with E-state index in [9.17, 15) is 4.79 Å². The van der Waals surface area contributed by atoms with Gasteiger partial charge in [0.2, 0.25) is 0 Å². The van der Waals surface area contributed by atoms with Gasteiger partial charge in [-0.05, 0) is 62.1 Å². The lowest BCUT2D eigenvalue weighted by Crippen LogP contribution is -2.41. The van der Waals surface area contributed by atoms with E-state index < -0.39 is 0 Å². The van der Waals surface area contributed by atoms with Gasteiger partial charge in [-0.3, -0.25) is 0 Å². The predicted octanol–water partition coefficient (Wildman–Crippen LogP) is 5.24. The molecule has 2 heterocycles. The average molecular weight is 383 g/mol. The number of piperidine rings is 1. The maximum absolute atomic E-state index is 12.7. The van der Waals surface area contributed by atoms with Crippen LogP contribution in [0.2, 0.25) is 5.02 Å². The molecule has 0 saturated carbocycles. The lowest BCUT2D eigenvalue weighted by molar-refractivity contribution is 0.191. The third-order valence-electron chi connectivity index (χ3n) is 5.33. The zero-order valence-corrected chi connectivity index (χ0v) is 16.3. The van der Waals surface area contributed by atoms with Gasteiger partial charge in [0.25, 0.3) is 0 Å². The van der Waals surface area contributed by atoms with Crippen LogP contribution in [0, 0.1) is 13.8 Å². The molecule has 1 aliphatic heterocycles. The molecular weight excluding hydrogens is 360 g/mol. The standard InChI is InChI=1S/C21H23ClN4O/c1-13-10-18-19(11-14(13)2)24-20(23-18)15-6-5-9-26(12-15)21(27)25-17-8-4-3-7-16(17)22/h3-4,7-8,10-11,15H,5-6,9,12H2,1-2H3,(H,23,24)(H,25,27)/t15-/m1/s1. The number of hydrogen-bond acceptors (Lipinski definition) is 2. The van der Waals surface area contributed by atoms with E-state index in [0.29, 0.717) is 17.3 Å². The summed E-state index contributed by atoms with van der Waals surface area (Å²) in [5.74, 6) is 1.18. The van der Waals surface area contributed by atoms with Crippen LogP contribution in [0.5, 0.6) is 0 Å². The second kappa shape index (κ2) is 7.24. The smallest absolute Gasteiger partial charge is 0.321 e. The number of nitrogens with one attached hydrogen (secondary N) is 2. The van der Waals surface area contributed by atoms with E-state index in [2.05, 4.69) is 36.3 Å². The van der Waals surface area contributed by atoms with Crippen molar-refractivity contribution in [2.24, 2.45) is 0 Å². The van der Waals surface area contributed by atoms with E-state index in [1.807, 2.05) is 23.1 Å². The molecule has 1 aromatic heterocycles. The van der Waals surface area contributed by atoms with Crippen molar-refractivity contribution < 1.29 is 4.79 Å². The van der Waals surface area contributed by atoms with Crippen LogP contribution in [0.15, 0.2) is 36.4 Å². The number of aromatic amines is 1. The second-order valence-corrected chi connectivity index (χ2v) is 7.68. The number of aryl methyl sites for hydroxylation is 2. The fraction of sp³-hybridized carbons (Fsp3) is 0.333.